The molecule has 4 N–H and O–H groups in total. The van der Waals surface area contributed by atoms with Gasteiger partial charge in [0.05, 0.1) is 18.0 Å². The number of benzene rings is 3. The molecule has 0 fully saturated rings. The Morgan fingerprint density at radius 2 is 1.75 bits per heavy atom. The molecule has 0 aliphatic carbocycles. The van der Waals surface area contributed by atoms with Gasteiger partial charge in [-0.25, -0.2) is 0 Å². The highest BCUT2D eigenvalue weighted by molar-refractivity contribution is 6.22. The molecule has 5 heteroatoms. The van der Waals surface area contributed by atoms with E-state index in [2.05, 4.69) is 53.6 Å². The predicted molar refractivity (Wildman–Crippen MR) is 132 cm³/mol. The van der Waals surface area contributed by atoms with E-state index in [0.717, 1.165) is 50.6 Å². The number of allylic oxidation sites excluding steroid dienone is 1. The Kier molecular flexibility index (Phi) is 5.17. The van der Waals surface area contributed by atoms with Crippen molar-refractivity contribution in [2.75, 3.05) is 11.9 Å². The number of hydrogen-bond donors (Lipinski definition) is 3. The van der Waals surface area contributed by atoms with E-state index in [4.69, 9.17) is 10.7 Å². The zero-order valence-electron chi connectivity index (χ0n) is 17.9. The van der Waals surface area contributed by atoms with E-state index in [9.17, 15) is 4.79 Å². The summed E-state index contributed by atoms with van der Waals surface area (Å²) in [5.41, 5.74) is 14.9. The fraction of sp³-hybridized carbons (Fsp3) is 0.111. The van der Waals surface area contributed by atoms with Gasteiger partial charge in [-0.2, -0.15) is 0 Å². The van der Waals surface area contributed by atoms with Crippen molar-refractivity contribution < 1.29 is 4.79 Å². The van der Waals surface area contributed by atoms with Crippen molar-refractivity contribution in [3.63, 3.8) is 0 Å². The molecule has 0 unspecified atom stereocenters. The van der Waals surface area contributed by atoms with E-state index >= 15 is 0 Å². The molecule has 1 aliphatic rings. The maximum Gasteiger partial charge on any atom is 0.238 e. The van der Waals surface area contributed by atoms with Crippen LogP contribution in [0.1, 0.15) is 28.8 Å². The molecule has 0 saturated carbocycles. The molecule has 158 valence electrons. The first-order valence-electron chi connectivity index (χ1n) is 10.7. The minimum Gasteiger partial charge on any atom is -0.358 e. The number of aromatic nitrogens is 1. The number of nitrogens with one attached hydrogen (secondary N) is 2. The average molecular weight is 421 g/mol. The van der Waals surface area contributed by atoms with Crippen molar-refractivity contribution in [3.8, 4) is 0 Å². The number of anilines is 1. The highest BCUT2D eigenvalue weighted by atomic mass is 16.1. The van der Waals surface area contributed by atoms with Gasteiger partial charge < -0.3 is 16.0 Å². The zero-order chi connectivity index (χ0) is 22.1. The van der Waals surface area contributed by atoms with Gasteiger partial charge in [-0.15, -0.1) is 0 Å². The maximum absolute atomic E-state index is 11.8. The van der Waals surface area contributed by atoms with E-state index in [1.54, 1.807) is 0 Å². The number of nitrogens with two attached hydrogens (primary N) is 1. The quantitative estimate of drug-likeness (QED) is 0.418. The molecule has 32 heavy (non-hydrogen) atoms. The van der Waals surface area contributed by atoms with Gasteiger partial charge in [0, 0.05) is 39.8 Å². The number of carbonyl (C=O) groups is 1. The lowest BCUT2D eigenvalue weighted by atomic mass is 9.95. The second kappa shape index (κ2) is 8.29. The molecule has 5 nitrogen and oxygen atoms in total. The van der Waals surface area contributed by atoms with Crippen LogP contribution in [0.25, 0.3) is 22.2 Å². The standard InChI is InChI=1S/C27H24N4O/c1-17-26(21-12-5-6-13-23(21)29-17)24-15-22(27(31-24)18-8-3-2-4-9-18)19-10-7-11-20(14-19)30-25(32)16-28/h2-14,29H,15-16,28H2,1H3,(H,30,32). The minimum atomic E-state index is -0.211. The topological polar surface area (TPSA) is 83.3 Å². The Bertz CT molecular complexity index is 1380. The molecular weight excluding hydrogens is 396 g/mol. The first-order valence-corrected chi connectivity index (χ1v) is 10.7. The largest absolute Gasteiger partial charge is 0.358 e. The van der Waals surface area contributed by atoms with Crippen molar-refractivity contribution in [2.45, 2.75) is 13.3 Å². The summed E-state index contributed by atoms with van der Waals surface area (Å²) in [6.45, 7) is 2.05. The highest BCUT2D eigenvalue weighted by Gasteiger charge is 2.25. The number of H-pyrrole nitrogens is 1. The number of amides is 1. The highest BCUT2D eigenvalue weighted by Crippen LogP contribution is 2.39. The Morgan fingerprint density at radius 3 is 2.56 bits per heavy atom. The van der Waals surface area contributed by atoms with Gasteiger partial charge in [0.15, 0.2) is 0 Å². The third-order valence-corrected chi connectivity index (χ3v) is 5.79. The van der Waals surface area contributed by atoms with E-state index in [-0.39, 0.29) is 12.5 Å². The summed E-state index contributed by atoms with van der Waals surface area (Å²) in [5.74, 6) is -0.211. The molecule has 3 aromatic carbocycles. The van der Waals surface area contributed by atoms with Gasteiger partial charge in [-0.05, 0) is 36.3 Å². The number of para-hydroxylation sites is 1. The van der Waals surface area contributed by atoms with E-state index in [1.807, 2.05) is 42.5 Å². The molecule has 0 saturated heterocycles. The summed E-state index contributed by atoms with van der Waals surface area (Å²) in [6, 6.07) is 26.5. The van der Waals surface area contributed by atoms with Gasteiger partial charge in [-0.3, -0.25) is 9.79 Å². The van der Waals surface area contributed by atoms with Gasteiger partial charge in [-0.1, -0.05) is 60.7 Å². The van der Waals surface area contributed by atoms with Crippen LogP contribution in [0.3, 0.4) is 0 Å². The van der Waals surface area contributed by atoms with Gasteiger partial charge in [0.25, 0.3) is 0 Å². The number of hydrogen-bond acceptors (Lipinski definition) is 3. The number of rotatable bonds is 5. The first-order chi connectivity index (χ1) is 15.6. The van der Waals surface area contributed by atoms with Gasteiger partial charge >= 0.3 is 0 Å². The maximum atomic E-state index is 11.8. The molecule has 0 bridgehead atoms. The molecule has 5 rings (SSSR count). The first kappa shape index (κ1) is 20.0. The number of aromatic amines is 1. The molecule has 2 heterocycles. The lowest BCUT2D eigenvalue weighted by Crippen LogP contribution is -2.21. The second-order valence-electron chi connectivity index (χ2n) is 7.93. The number of carbonyl (C=O) groups excluding carboxylic acids is 1. The average Bonchev–Trinajstić information content (AvgIpc) is 3.40. The summed E-state index contributed by atoms with van der Waals surface area (Å²) in [6.07, 6.45) is 0.710. The third kappa shape index (κ3) is 3.63. The fourth-order valence-corrected chi connectivity index (χ4v) is 4.36. The Balaban J connectivity index is 1.61. The summed E-state index contributed by atoms with van der Waals surface area (Å²) in [4.78, 5) is 20.4. The van der Waals surface area contributed by atoms with E-state index in [1.165, 1.54) is 5.39 Å². The molecule has 0 spiro atoms. The second-order valence-corrected chi connectivity index (χ2v) is 7.93. The van der Waals surface area contributed by atoms with Crippen molar-refractivity contribution in [3.05, 3.63) is 101 Å². The van der Waals surface area contributed by atoms with E-state index in [0.29, 0.717) is 6.42 Å². The normalized spacial score (nSPS) is 13.5. The molecule has 0 radical (unpaired) electrons. The molecule has 1 aromatic heterocycles. The SMILES string of the molecule is Cc1[nH]c2ccccc2c1C1=NC(c2ccccc2)=C(c2cccc(NC(=O)CN)c2)C1. The Morgan fingerprint density at radius 1 is 1.00 bits per heavy atom. The monoisotopic (exact) mass is 420 g/mol. The number of nitrogens with zero attached hydrogens (tertiary/aromatic N) is 1. The van der Waals surface area contributed by atoms with Crippen LogP contribution in [0.15, 0.2) is 83.9 Å². The molecule has 4 aromatic rings. The van der Waals surface area contributed by atoms with E-state index < -0.39 is 0 Å². The number of aryl methyl sites for hydroxylation is 1. The summed E-state index contributed by atoms with van der Waals surface area (Å²) in [5, 5.41) is 4.04. The van der Waals surface area contributed by atoms with Gasteiger partial charge in [0.1, 0.15) is 0 Å². The van der Waals surface area contributed by atoms with Crippen LogP contribution in [0, 0.1) is 6.92 Å². The molecule has 1 amide bonds. The van der Waals surface area contributed by atoms with Crippen molar-refractivity contribution >= 4 is 39.5 Å². The minimum absolute atomic E-state index is 0.0463. The lowest BCUT2D eigenvalue weighted by Gasteiger charge is -2.10. The smallest absolute Gasteiger partial charge is 0.238 e. The van der Waals surface area contributed by atoms with Crippen molar-refractivity contribution in [1.29, 1.82) is 0 Å². The van der Waals surface area contributed by atoms with Crippen LogP contribution >= 0.6 is 0 Å². The summed E-state index contributed by atoms with van der Waals surface area (Å²) >= 11 is 0. The zero-order valence-corrected chi connectivity index (χ0v) is 17.9. The van der Waals surface area contributed by atoms with Crippen molar-refractivity contribution in [1.82, 2.24) is 4.98 Å². The summed E-state index contributed by atoms with van der Waals surface area (Å²) in [7, 11) is 0. The van der Waals surface area contributed by atoms with Crippen LogP contribution in [-0.2, 0) is 4.79 Å². The third-order valence-electron chi connectivity index (χ3n) is 5.79. The van der Waals surface area contributed by atoms with Crippen LogP contribution < -0.4 is 11.1 Å². The van der Waals surface area contributed by atoms with Crippen LogP contribution in [0.4, 0.5) is 5.69 Å². The Labute approximate surface area is 186 Å². The van der Waals surface area contributed by atoms with Gasteiger partial charge in [0.2, 0.25) is 5.91 Å². The van der Waals surface area contributed by atoms with Crippen LogP contribution in [-0.4, -0.2) is 23.1 Å². The fourth-order valence-electron chi connectivity index (χ4n) is 4.36. The Hall–Kier alpha value is -3.96. The molecule has 0 atom stereocenters. The van der Waals surface area contributed by atoms with Crippen LogP contribution in [0.5, 0.6) is 0 Å². The summed E-state index contributed by atoms with van der Waals surface area (Å²) < 4.78 is 0. The van der Waals surface area contributed by atoms with Crippen LogP contribution in [0.2, 0.25) is 0 Å². The predicted octanol–water partition coefficient (Wildman–Crippen LogP) is 5.13. The molecular formula is C27H24N4O. The lowest BCUT2D eigenvalue weighted by molar-refractivity contribution is -0.114. The number of fused-ring (bicyclic) bond motifs is 1. The van der Waals surface area contributed by atoms with Crippen molar-refractivity contribution in [2.24, 2.45) is 10.7 Å². The molecule has 1 aliphatic heterocycles. The number of aliphatic imine (C=N–C) groups is 1.